The Morgan fingerprint density at radius 3 is 2.63 bits per heavy atom. The van der Waals surface area contributed by atoms with E-state index in [0.29, 0.717) is 51.4 Å². The molecule has 0 amide bonds. The molecule has 5 aromatic heterocycles. The third-order valence-corrected chi connectivity index (χ3v) is 6.09. The number of aromatic nitrogens is 8. The van der Waals surface area contributed by atoms with E-state index >= 15 is 4.39 Å². The van der Waals surface area contributed by atoms with Crippen LogP contribution in [0.25, 0.3) is 56.0 Å². The Kier molecular flexibility index (Phi) is 5.92. The molecule has 0 atom stereocenters. The van der Waals surface area contributed by atoms with Gasteiger partial charge in [0.15, 0.2) is 17.3 Å². The normalized spacial score (nSPS) is 11.6. The van der Waals surface area contributed by atoms with Crippen molar-refractivity contribution in [1.82, 2.24) is 45.0 Å². The first kappa shape index (κ1) is 23.6. The minimum Gasteiger partial charge on any atom is -0.384 e. The molecule has 0 aliphatic carbocycles. The van der Waals surface area contributed by atoms with Crippen LogP contribution in [0.2, 0.25) is 0 Å². The van der Waals surface area contributed by atoms with Crippen LogP contribution in [0.3, 0.4) is 0 Å². The Hall–Kier alpha value is -4.84. The van der Waals surface area contributed by atoms with Crippen LogP contribution in [0.5, 0.6) is 0 Å². The van der Waals surface area contributed by atoms with Gasteiger partial charge in [0, 0.05) is 48.5 Å². The van der Waals surface area contributed by atoms with Gasteiger partial charge >= 0.3 is 0 Å². The van der Waals surface area contributed by atoms with E-state index in [1.54, 1.807) is 12.3 Å². The molecule has 6 rings (SSSR count). The number of imidazole rings is 1. The number of aromatic amines is 2. The topological polar surface area (TPSA) is 124 Å². The van der Waals surface area contributed by atoms with E-state index in [2.05, 4.69) is 45.4 Å². The summed E-state index contributed by atoms with van der Waals surface area (Å²) < 4.78 is 30.2. The van der Waals surface area contributed by atoms with Gasteiger partial charge in [-0.25, -0.2) is 28.7 Å². The van der Waals surface area contributed by atoms with Crippen LogP contribution < -0.4 is 5.32 Å². The van der Waals surface area contributed by atoms with Crippen molar-refractivity contribution in [2.75, 3.05) is 32.5 Å². The third kappa shape index (κ3) is 4.30. The second-order valence-electron chi connectivity index (χ2n) is 9.01. The van der Waals surface area contributed by atoms with Crippen molar-refractivity contribution in [3.05, 3.63) is 67.0 Å². The maximum Gasteiger partial charge on any atom is 0.178 e. The summed E-state index contributed by atoms with van der Waals surface area (Å²) in [6.45, 7) is 1.47. The number of nitrogens with zero attached hydrogens (tertiary/aromatic N) is 7. The highest BCUT2D eigenvalue weighted by Gasteiger charge is 2.21. The predicted octanol–water partition coefficient (Wildman–Crippen LogP) is 4.27. The summed E-state index contributed by atoms with van der Waals surface area (Å²) in [6, 6.07) is 6.56. The summed E-state index contributed by atoms with van der Waals surface area (Å²) in [7, 11) is 3.95. The lowest BCUT2D eigenvalue weighted by molar-refractivity contribution is 0.425. The molecule has 3 N–H and O–H groups in total. The Morgan fingerprint density at radius 2 is 1.82 bits per heavy atom. The molecular formula is C26H22F2N10. The van der Waals surface area contributed by atoms with Gasteiger partial charge in [-0.2, -0.15) is 5.10 Å². The number of hydrogen-bond acceptors (Lipinski definition) is 8. The molecule has 0 spiro atoms. The molecule has 5 heterocycles. The van der Waals surface area contributed by atoms with Crippen LogP contribution in [0, 0.1) is 11.6 Å². The lowest BCUT2D eigenvalue weighted by Crippen LogP contribution is -2.20. The molecule has 0 unspecified atom stereocenters. The van der Waals surface area contributed by atoms with Crippen LogP contribution in [-0.4, -0.2) is 72.2 Å². The van der Waals surface area contributed by atoms with Crippen molar-refractivity contribution in [1.29, 1.82) is 0 Å². The molecule has 0 aliphatic heterocycles. The number of likely N-dealkylation sites (N-methyl/N-ethyl adjacent to an activating group) is 1. The van der Waals surface area contributed by atoms with Gasteiger partial charge in [0.25, 0.3) is 0 Å². The first-order valence-electron chi connectivity index (χ1n) is 11.8. The molecule has 1 aromatic carbocycles. The average Bonchev–Trinajstić information content (AvgIpc) is 3.53. The zero-order valence-corrected chi connectivity index (χ0v) is 20.5. The summed E-state index contributed by atoms with van der Waals surface area (Å²) in [5.41, 5.74) is 4.20. The van der Waals surface area contributed by atoms with E-state index in [9.17, 15) is 4.39 Å². The lowest BCUT2D eigenvalue weighted by Gasteiger charge is -2.13. The Bertz CT molecular complexity index is 1760. The van der Waals surface area contributed by atoms with Crippen molar-refractivity contribution in [2.45, 2.75) is 0 Å². The van der Waals surface area contributed by atoms with Crippen LogP contribution in [-0.2, 0) is 0 Å². The minimum atomic E-state index is -0.576. The quantitative estimate of drug-likeness (QED) is 0.290. The molecule has 0 aliphatic rings. The van der Waals surface area contributed by atoms with E-state index < -0.39 is 5.82 Å². The molecule has 0 bridgehead atoms. The van der Waals surface area contributed by atoms with Crippen molar-refractivity contribution in [2.24, 2.45) is 0 Å². The standard InChI is InChI=1S/C26H22F2N10/c1-38(2)6-5-31-17-8-14(7-16(27)9-17)18-3-4-32-25-23(18)34-26(35-25)24-20-19(36-37-24)12-33-22(21(20)28)15-10-29-13-30-11-15/h3-4,7-13,31H,5-6H2,1-2H3,(H,36,37)(H,32,34,35). The number of anilines is 1. The number of benzene rings is 1. The van der Waals surface area contributed by atoms with Gasteiger partial charge in [0.2, 0.25) is 0 Å². The molecule has 190 valence electrons. The van der Waals surface area contributed by atoms with Gasteiger partial charge in [-0.15, -0.1) is 0 Å². The van der Waals surface area contributed by atoms with Crippen molar-refractivity contribution in [3.63, 3.8) is 0 Å². The second kappa shape index (κ2) is 9.56. The van der Waals surface area contributed by atoms with E-state index in [1.807, 2.05) is 25.1 Å². The van der Waals surface area contributed by atoms with Crippen molar-refractivity contribution < 1.29 is 8.78 Å². The fraction of sp³-hybridized carbons (Fsp3) is 0.154. The van der Waals surface area contributed by atoms with E-state index in [-0.39, 0.29) is 22.6 Å². The van der Waals surface area contributed by atoms with E-state index in [1.165, 1.54) is 37.1 Å². The molecule has 6 aromatic rings. The summed E-state index contributed by atoms with van der Waals surface area (Å²) in [4.78, 5) is 26.3. The number of fused-ring (bicyclic) bond motifs is 2. The largest absolute Gasteiger partial charge is 0.384 e. The summed E-state index contributed by atoms with van der Waals surface area (Å²) in [5.74, 6) is -0.634. The van der Waals surface area contributed by atoms with Gasteiger partial charge in [0.05, 0.1) is 22.6 Å². The van der Waals surface area contributed by atoms with Gasteiger partial charge in [0.1, 0.15) is 23.5 Å². The molecule has 10 nitrogen and oxygen atoms in total. The number of nitrogens with one attached hydrogen (secondary N) is 3. The summed E-state index contributed by atoms with van der Waals surface area (Å²) in [6.07, 6.45) is 7.45. The number of pyridine rings is 2. The maximum atomic E-state index is 15.7. The molecular weight excluding hydrogens is 490 g/mol. The zero-order chi connectivity index (χ0) is 26.2. The summed E-state index contributed by atoms with van der Waals surface area (Å²) in [5, 5.41) is 10.6. The van der Waals surface area contributed by atoms with Crippen LogP contribution in [0.1, 0.15) is 0 Å². The minimum absolute atomic E-state index is 0.102. The third-order valence-electron chi connectivity index (χ3n) is 6.09. The van der Waals surface area contributed by atoms with Crippen molar-refractivity contribution >= 4 is 27.8 Å². The Balaban J connectivity index is 1.43. The first-order chi connectivity index (χ1) is 18.5. The predicted molar refractivity (Wildman–Crippen MR) is 140 cm³/mol. The number of halogens is 2. The highest BCUT2D eigenvalue weighted by molar-refractivity contribution is 5.97. The highest BCUT2D eigenvalue weighted by Crippen LogP contribution is 2.34. The Labute approximate surface area is 215 Å². The van der Waals surface area contributed by atoms with Gasteiger partial charge in [-0.05, 0) is 43.9 Å². The second-order valence-corrected chi connectivity index (χ2v) is 9.01. The van der Waals surface area contributed by atoms with Crippen molar-refractivity contribution in [3.8, 4) is 33.9 Å². The number of H-pyrrole nitrogens is 2. The van der Waals surface area contributed by atoms with Gasteiger partial charge in [-0.1, -0.05) is 0 Å². The fourth-order valence-corrected chi connectivity index (χ4v) is 4.30. The maximum absolute atomic E-state index is 15.7. The van der Waals surface area contributed by atoms with E-state index in [4.69, 9.17) is 0 Å². The highest BCUT2D eigenvalue weighted by atomic mass is 19.1. The molecule has 38 heavy (non-hydrogen) atoms. The first-order valence-corrected chi connectivity index (χ1v) is 11.8. The summed E-state index contributed by atoms with van der Waals surface area (Å²) >= 11 is 0. The van der Waals surface area contributed by atoms with Crippen LogP contribution in [0.4, 0.5) is 14.5 Å². The van der Waals surface area contributed by atoms with Gasteiger partial charge < -0.3 is 15.2 Å². The average molecular weight is 513 g/mol. The monoisotopic (exact) mass is 512 g/mol. The number of rotatable bonds is 7. The molecule has 0 radical (unpaired) electrons. The molecule has 0 saturated carbocycles. The SMILES string of the molecule is CN(C)CCNc1cc(F)cc(-c2ccnc3nc(-c4n[nH]c5cnc(-c6cncnc6)c(F)c45)[nH]c23)c1. The molecule has 0 saturated heterocycles. The molecule has 0 fully saturated rings. The van der Waals surface area contributed by atoms with Gasteiger partial charge in [-0.3, -0.25) is 10.1 Å². The molecule has 12 heteroatoms. The smallest absolute Gasteiger partial charge is 0.178 e. The Morgan fingerprint density at radius 1 is 0.974 bits per heavy atom. The van der Waals surface area contributed by atoms with Crippen LogP contribution in [0.15, 0.2) is 55.4 Å². The fourth-order valence-electron chi connectivity index (χ4n) is 4.30. The van der Waals surface area contributed by atoms with Crippen LogP contribution >= 0.6 is 0 Å². The number of hydrogen-bond donors (Lipinski definition) is 3. The lowest BCUT2D eigenvalue weighted by atomic mass is 10.0. The van der Waals surface area contributed by atoms with E-state index in [0.717, 1.165) is 6.54 Å². The zero-order valence-electron chi connectivity index (χ0n) is 20.5.